The monoisotopic (exact) mass is 438 g/mol. The molecule has 0 aliphatic rings. The maximum Gasteiger partial charge on any atom is 0.124 e. The van der Waals surface area contributed by atoms with Gasteiger partial charge in [-0.3, -0.25) is 0 Å². The van der Waals surface area contributed by atoms with Crippen molar-refractivity contribution in [2.45, 2.75) is 0 Å². The molecule has 0 bridgehead atoms. The molecule has 0 radical (unpaired) electrons. The molecule has 0 fully saturated rings. The summed E-state index contributed by atoms with van der Waals surface area (Å²) in [7, 11) is 0. The van der Waals surface area contributed by atoms with Gasteiger partial charge in [0.2, 0.25) is 0 Å². The molecule has 0 saturated heterocycles. The van der Waals surface area contributed by atoms with Crippen molar-refractivity contribution in [3.05, 3.63) is 43.5 Å². The van der Waals surface area contributed by atoms with Gasteiger partial charge in [-0.05, 0) is 69.4 Å². The maximum absolute atomic E-state index is 9.87. The molecule has 0 aromatic heterocycles. The third-order valence-corrected chi connectivity index (χ3v) is 4.03. The van der Waals surface area contributed by atoms with Gasteiger partial charge in [0.15, 0.2) is 0 Å². The molecular formula is C12H8I2O2. The Bertz CT molecular complexity index is 449. The van der Waals surface area contributed by atoms with E-state index in [1.54, 1.807) is 24.3 Å². The van der Waals surface area contributed by atoms with Gasteiger partial charge in [-0.15, -0.1) is 0 Å². The molecule has 0 heterocycles. The van der Waals surface area contributed by atoms with Crippen molar-refractivity contribution in [3.8, 4) is 22.6 Å². The summed E-state index contributed by atoms with van der Waals surface area (Å²) >= 11 is 4.30. The average molecular weight is 438 g/mol. The van der Waals surface area contributed by atoms with Gasteiger partial charge in [-0.1, -0.05) is 12.1 Å². The van der Waals surface area contributed by atoms with Crippen LogP contribution >= 0.6 is 45.2 Å². The zero-order valence-corrected chi connectivity index (χ0v) is 12.4. The summed E-state index contributed by atoms with van der Waals surface area (Å²) in [4.78, 5) is 0. The minimum atomic E-state index is 0.186. The van der Waals surface area contributed by atoms with E-state index >= 15 is 0 Å². The molecule has 0 aliphatic carbocycles. The van der Waals surface area contributed by atoms with E-state index in [1.165, 1.54) is 0 Å². The Hall–Kier alpha value is -0.500. The van der Waals surface area contributed by atoms with Gasteiger partial charge in [0.1, 0.15) is 11.5 Å². The summed E-state index contributed by atoms with van der Waals surface area (Å²) in [6.45, 7) is 0. The highest BCUT2D eigenvalue weighted by atomic mass is 127. The Morgan fingerprint density at radius 2 is 1.06 bits per heavy atom. The van der Waals surface area contributed by atoms with Crippen molar-refractivity contribution in [3.63, 3.8) is 0 Å². The third kappa shape index (κ3) is 2.13. The van der Waals surface area contributed by atoms with Gasteiger partial charge < -0.3 is 10.2 Å². The molecule has 0 atom stereocenters. The SMILES string of the molecule is Oc1cccc(I)c1-c1c(O)cccc1I. The molecule has 0 aliphatic heterocycles. The predicted octanol–water partition coefficient (Wildman–Crippen LogP) is 3.97. The van der Waals surface area contributed by atoms with Crippen molar-refractivity contribution in [2.24, 2.45) is 0 Å². The molecule has 2 N–H and O–H groups in total. The van der Waals surface area contributed by atoms with Crippen LogP contribution in [0.2, 0.25) is 0 Å². The van der Waals surface area contributed by atoms with Crippen LogP contribution in [-0.4, -0.2) is 10.2 Å². The van der Waals surface area contributed by atoms with Crippen LogP contribution in [0.25, 0.3) is 11.1 Å². The van der Waals surface area contributed by atoms with Crippen molar-refractivity contribution in [1.82, 2.24) is 0 Å². The summed E-state index contributed by atoms with van der Waals surface area (Å²) < 4.78 is 1.83. The fourth-order valence-electron chi connectivity index (χ4n) is 1.52. The Labute approximate surface area is 121 Å². The Balaban J connectivity index is 2.77. The van der Waals surface area contributed by atoms with Crippen LogP contribution < -0.4 is 0 Å². The Kier molecular flexibility index (Phi) is 3.58. The highest BCUT2D eigenvalue weighted by molar-refractivity contribution is 14.1. The van der Waals surface area contributed by atoms with Gasteiger partial charge in [0.25, 0.3) is 0 Å². The van der Waals surface area contributed by atoms with Crippen molar-refractivity contribution < 1.29 is 10.2 Å². The Morgan fingerprint density at radius 3 is 1.38 bits per heavy atom. The van der Waals surface area contributed by atoms with E-state index in [2.05, 4.69) is 45.2 Å². The minimum absolute atomic E-state index is 0.186. The predicted molar refractivity (Wildman–Crippen MR) is 80.6 cm³/mol. The highest BCUT2D eigenvalue weighted by Gasteiger charge is 2.15. The second-order valence-corrected chi connectivity index (χ2v) is 5.59. The van der Waals surface area contributed by atoms with Gasteiger partial charge in [-0.25, -0.2) is 0 Å². The number of halogens is 2. The Morgan fingerprint density at radius 1 is 0.688 bits per heavy atom. The summed E-state index contributed by atoms with van der Waals surface area (Å²) in [5, 5.41) is 19.7. The second kappa shape index (κ2) is 4.79. The lowest BCUT2D eigenvalue weighted by Crippen LogP contribution is -1.88. The molecule has 16 heavy (non-hydrogen) atoms. The quantitative estimate of drug-likeness (QED) is 0.662. The zero-order chi connectivity index (χ0) is 11.7. The van der Waals surface area contributed by atoms with Crippen LogP contribution in [0.3, 0.4) is 0 Å². The van der Waals surface area contributed by atoms with Crippen LogP contribution in [0.5, 0.6) is 11.5 Å². The first-order chi connectivity index (χ1) is 7.61. The second-order valence-electron chi connectivity index (χ2n) is 3.27. The lowest BCUT2D eigenvalue weighted by Gasteiger charge is -2.11. The lowest BCUT2D eigenvalue weighted by molar-refractivity contribution is 0.468. The maximum atomic E-state index is 9.87. The first-order valence-electron chi connectivity index (χ1n) is 4.56. The number of phenolic OH excluding ortho intramolecular Hbond substituents is 2. The van der Waals surface area contributed by atoms with Crippen LogP contribution in [0.4, 0.5) is 0 Å². The fourth-order valence-corrected chi connectivity index (χ4v) is 3.03. The first kappa shape index (κ1) is 12.0. The van der Waals surface area contributed by atoms with E-state index in [0.29, 0.717) is 11.1 Å². The summed E-state index contributed by atoms with van der Waals surface area (Å²) in [5.41, 5.74) is 1.37. The average Bonchev–Trinajstić information content (AvgIpc) is 2.21. The smallest absolute Gasteiger partial charge is 0.124 e. The number of hydrogen-bond acceptors (Lipinski definition) is 2. The summed E-state index contributed by atoms with van der Waals surface area (Å²) in [6, 6.07) is 10.6. The van der Waals surface area contributed by atoms with E-state index in [9.17, 15) is 10.2 Å². The molecule has 0 saturated carbocycles. The van der Waals surface area contributed by atoms with Gasteiger partial charge in [-0.2, -0.15) is 0 Å². The van der Waals surface area contributed by atoms with E-state index in [1.807, 2.05) is 12.1 Å². The normalized spacial score (nSPS) is 10.4. The van der Waals surface area contributed by atoms with Crippen molar-refractivity contribution in [1.29, 1.82) is 0 Å². The van der Waals surface area contributed by atoms with Gasteiger partial charge in [0, 0.05) is 18.3 Å². The van der Waals surface area contributed by atoms with Crippen molar-refractivity contribution >= 4 is 45.2 Å². The lowest BCUT2D eigenvalue weighted by atomic mass is 10.0. The third-order valence-electron chi connectivity index (χ3n) is 2.23. The molecule has 2 nitrogen and oxygen atoms in total. The van der Waals surface area contributed by atoms with E-state index in [4.69, 9.17) is 0 Å². The molecule has 0 spiro atoms. The fraction of sp³-hybridized carbons (Fsp3) is 0. The number of aromatic hydroxyl groups is 2. The zero-order valence-electron chi connectivity index (χ0n) is 8.11. The number of rotatable bonds is 1. The van der Waals surface area contributed by atoms with E-state index in [-0.39, 0.29) is 11.5 Å². The van der Waals surface area contributed by atoms with Gasteiger partial charge in [0.05, 0.1) is 0 Å². The van der Waals surface area contributed by atoms with E-state index < -0.39 is 0 Å². The number of hydrogen-bond donors (Lipinski definition) is 2. The molecule has 82 valence electrons. The largest absolute Gasteiger partial charge is 0.507 e. The van der Waals surface area contributed by atoms with Crippen LogP contribution in [0.1, 0.15) is 0 Å². The van der Waals surface area contributed by atoms with Crippen LogP contribution in [0, 0.1) is 7.14 Å². The topological polar surface area (TPSA) is 40.5 Å². The first-order valence-corrected chi connectivity index (χ1v) is 6.72. The number of phenols is 2. The molecule has 0 unspecified atom stereocenters. The molecule has 2 aromatic rings. The molecule has 4 heteroatoms. The van der Waals surface area contributed by atoms with Gasteiger partial charge >= 0.3 is 0 Å². The highest BCUT2D eigenvalue weighted by Crippen LogP contribution is 2.40. The number of benzene rings is 2. The summed E-state index contributed by atoms with van der Waals surface area (Å²) in [6.07, 6.45) is 0. The standard InChI is InChI=1S/C12H8I2O2/c13-7-3-1-5-9(15)11(7)12-8(14)4-2-6-10(12)16/h1-6,15-16H. The molecule has 2 rings (SSSR count). The van der Waals surface area contributed by atoms with Crippen LogP contribution in [-0.2, 0) is 0 Å². The minimum Gasteiger partial charge on any atom is -0.507 e. The molecular weight excluding hydrogens is 430 g/mol. The van der Waals surface area contributed by atoms with Crippen LogP contribution in [0.15, 0.2) is 36.4 Å². The summed E-state index contributed by atoms with van der Waals surface area (Å²) in [5.74, 6) is 0.373. The van der Waals surface area contributed by atoms with E-state index in [0.717, 1.165) is 7.14 Å². The van der Waals surface area contributed by atoms with Crippen molar-refractivity contribution in [2.75, 3.05) is 0 Å². The molecule has 2 aromatic carbocycles. The molecule has 0 amide bonds.